The fraction of sp³-hybridized carbons (Fsp3) is 0.0667. The van der Waals surface area contributed by atoms with Crippen LogP contribution in [0.1, 0.15) is 27.7 Å². The number of para-hydroxylation sites is 1. The number of benzene rings is 2. The lowest BCUT2D eigenvalue weighted by Crippen LogP contribution is -2.38. The van der Waals surface area contributed by atoms with Crippen molar-refractivity contribution in [1.82, 2.24) is 5.32 Å². The molecule has 3 rings (SSSR count). The van der Waals surface area contributed by atoms with Crippen LogP contribution < -0.4 is 10.6 Å². The van der Waals surface area contributed by atoms with Crippen LogP contribution in [0.2, 0.25) is 0 Å². The highest BCUT2D eigenvalue weighted by atomic mass is 16.2. The van der Waals surface area contributed by atoms with Crippen LogP contribution in [0.4, 0.5) is 5.69 Å². The molecule has 1 atom stereocenters. The molecule has 1 aliphatic rings. The maximum absolute atomic E-state index is 12.0. The Morgan fingerprint density at radius 2 is 1.89 bits per heavy atom. The molecule has 2 N–H and O–H groups in total. The summed E-state index contributed by atoms with van der Waals surface area (Å²) in [5.41, 5.74) is 2.88. The fourth-order valence-corrected chi connectivity index (χ4v) is 2.16. The molecule has 4 heteroatoms. The van der Waals surface area contributed by atoms with Crippen molar-refractivity contribution < 1.29 is 4.79 Å². The van der Waals surface area contributed by atoms with E-state index in [9.17, 15) is 4.79 Å². The molecule has 2 aromatic rings. The summed E-state index contributed by atoms with van der Waals surface area (Å²) < 4.78 is 0. The fourth-order valence-electron chi connectivity index (χ4n) is 2.16. The Morgan fingerprint density at radius 3 is 2.74 bits per heavy atom. The molecule has 19 heavy (non-hydrogen) atoms. The zero-order valence-electron chi connectivity index (χ0n) is 10.1. The second-order valence-corrected chi connectivity index (χ2v) is 4.33. The summed E-state index contributed by atoms with van der Waals surface area (Å²) in [5.74, 6) is -0.110. The summed E-state index contributed by atoms with van der Waals surface area (Å²) in [4.78, 5) is 12.0. The standard InChI is InChI=1S/C15H11N3O/c16-9-10-4-3-5-11(8-10)14-17-13-7-2-1-6-12(13)15(19)18-14/h1-8,14,17H,(H,18,19)/t14-/m0/s1. The van der Waals surface area contributed by atoms with Gasteiger partial charge in [0.15, 0.2) is 0 Å². The normalized spacial score (nSPS) is 16.8. The van der Waals surface area contributed by atoms with Crippen LogP contribution >= 0.6 is 0 Å². The molecule has 0 unspecified atom stereocenters. The number of carbonyl (C=O) groups excluding carboxylic acids is 1. The van der Waals surface area contributed by atoms with Crippen LogP contribution in [0, 0.1) is 11.3 Å². The van der Waals surface area contributed by atoms with Gasteiger partial charge in [-0.1, -0.05) is 24.3 Å². The molecule has 4 nitrogen and oxygen atoms in total. The van der Waals surface area contributed by atoms with Crippen LogP contribution in [0.3, 0.4) is 0 Å². The molecular formula is C15H11N3O. The van der Waals surface area contributed by atoms with E-state index in [2.05, 4.69) is 16.7 Å². The van der Waals surface area contributed by atoms with Gasteiger partial charge >= 0.3 is 0 Å². The third-order valence-electron chi connectivity index (χ3n) is 3.10. The van der Waals surface area contributed by atoms with Gasteiger partial charge in [-0.25, -0.2) is 0 Å². The maximum Gasteiger partial charge on any atom is 0.255 e. The quantitative estimate of drug-likeness (QED) is 0.815. The lowest BCUT2D eigenvalue weighted by molar-refractivity contribution is 0.0935. The average molecular weight is 249 g/mol. The topological polar surface area (TPSA) is 64.9 Å². The van der Waals surface area contributed by atoms with Crippen molar-refractivity contribution in [3.63, 3.8) is 0 Å². The molecule has 0 fully saturated rings. The monoisotopic (exact) mass is 249 g/mol. The molecule has 0 spiro atoms. The number of hydrogen-bond donors (Lipinski definition) is 2. The zero-order valence-corrected chi connectivity index (χ0v) is 10.1. The van der Waals surface area contributed by atoms with Crippen LogP contribution in [0.5, 0.6) is 0 Å². The van der Waals surface area contributed by atoms with E-state index < -0.39 is 0 Å². The Balaban J connectivity index is 1.97. The van der Waals surface area contributed by atoms with Crippen LogP contribution in [-0.2, 0) is 0 Å². The molecule has 1 heterocycles. The molecule has 0 saturated carbocycles. The number of nitrogens with one attached hydrogen (secondary N) is 2. The molecule has 2 aromatic carbocycles. The predicted octanol–water partition coefficient (Wildman–Crippen LogP) is 2.41. The second-order valence-electron chi connectivity index (χ2n) is 4.33. The number of hydrogen-bond acceptors (Lipinski definition) is 3. The lowest BCUT2D eigenvalue weighted by atomic mass is 10.0. The van der Waals surface area contributed by atoms with Gasteiger partial charge in [0, 0.05) is 5.69 Å². The van der Waals surface area contributed by atoms with E-state index in [1.807, 2.05) is 30.3 Å². The molecule has 1 aliphatic heterocycles. The molecule has 92 valence electrons. The van der Waals surface area contributed by atoms with E-state index in [0.29, 0.717) is 11.1 Å². The number of carbonyl (C=O) groups is 1. The minimum atomic E-state index is -0.310. The highest BCUT2D eigenvalue weighted by molar-refractivity contribution is 6.01. The van der Waals surface area contributed by atoms with Gasteiger partial charge in [-0.2, -0.15) is 5.26 Å². The first kappa shape index (κ1) is 11.3. The third kappa shape index (κ3) is 2.02. The second kappa shape index (κ2) is 4.46. The molecule has 0 aliphatic carbocycles. The summed E-state index contributed by atoms with van der Waals surface area (Å²) >= 11 is 0. The third-order valence-corrected chi connectivity index (χ3v) is 3.10. The van der Waals surface area contributed by atoms with E-state index in [-0.39, 0.29) is 12.1 Å². The predicted molar refractivity (Wildman–Crippen MR) is 71.4 cm³/mol. The SMILES string of the molecule is N#Cc1cccc([C@@H]2NC(=O)c3ccccc3N2)c1. The van der Waals surface area contributed by atoms with Crippen molar-refractivity contribution in [2.75, 3.05) is 5.32 Å². The first-order valence-electron chi connectivity index (χ1n) is 5.94. The van der Waals surface area contributed by atoms with Gasteiger partial charge in [-0.05, 0) is 29.8 Å². The summed E-state index contributed by atoms with van der Waals surface area (Å²) in [6.07, 6.45) is -0.310. The zero-order chi connectivity index (χ0) is 13.2. The van der Waals surface area contributed by atoms with Crippen LogP contribution in [0.25, 0.3) is 0 Å². The first-order chi connectivity index (χ1) is 9.28. The van der Waals surface area contributed by atoms with Crippen LogP contribution in [-0.4, -0.2) is 5.91 Å². The Labute approximate surface area is 110 Å². The van der Waals surface area contributed by atoms with Crippen molar-refractivity contribution in [2.24, 2.45) is 0 Å². The smallest absolute Gasteiger partial charge is 0.255 e. The molecule has 0 aromatic heterocycles. The first-order valence-corrected chi connectivity index (χ1v) is 5.94. The van der Waals surface area contributed by atoms with Gasteiger partial charge in [0.05, 0.1) is 17.2 Å². The number of fused-ring (bicyclic) bond motifs is 1. The Kier molecular flexibility index (Phi) is 2.66. The molecule has 0 saturated heterocycles. The van der Waals surface area contributed by atoms with Gasteiger partial charge in [0.1, 0.15) is 6.17 Å². The van der Waals surface area contributed by atoms with Crippen molar-refractivity contribution in [3.05, 3.63) is 65.2 Å². The van der Waals surface area contributed by atoms with Crippen molar-refractivity contribution >= 4 is 11.6 Å². The molecule has 0 radical (unpaired) electrons. The average Bonchev–Trinajstić information content (AvgIpc) is 2.47. The summed E-state index contributed by atoms with van der Waals surface area (Å²) in [6.45, 7) is 0. The Morgan fingerprint density at radius 1 is 1.05 bits per heavy atom. The minimum absolute atomic E-state index is 0.110. The summed E-state index contributed by atoms with van der Waals surface area (Å²) in [6, 6.07) is 16.7. The number of amides is 1. The summed E-state index contributed by atoms with van der Waals surface area (Å²) in [7, 11) is 0. The van der Waals surface area contributed by atoms with Crippen LogP contribution in [0.15, 0.2) is 48.5 Å². The number of nitrogens with zero attached hydrogens (tertiary/aromatic N) is 1. The van der Waals surface area contributed by atoms with Crippen molar-refractivity contribution in [1.29, 1.82) is 5.26 Å². The molecular weight excluding hydrogens is 238 g/mol. The van der Waals surface area contributed by atoms with E-state index in [4.69, 9.17) is 5.26 Å². The number of anilines is 1. The summed E-state index contributed by atoms with van der Waals surface area (Å²) in [5, 5.41) is 15.0. The van der Waals surface area contributed by atoms with E-state index >= 15 is 0 Å². The van der Waals surface area contributed by atoms with Crippen molar-refractivity contribution in [2.45, 2.75) is 6.17 Å². The number of nitriles is 1. The molecule has 1 amide bonds. The molecule has 0 bridgehead atoms. The van der Waals surface area contributed by atoms with Gasteiger partial charge < -0.3 is 10.6 Å². The highest BCUT2D eigenvalue weighted by Crippen LogP contribution is 2.26. The number of rotatable bonds is 1. The Hall–Kier alpha value is -2.80. The van der Waals surface area contributed by atoms with Gasteiger partial charge in [0.2, 0.25) is 0 Å². The van der Waals surface area contributed by atoms with E-state index in [0.717, 1.165) is 11.3 Å². The maximum atomic E-state index is 12.0. The van der Waals surface area contributed by atoms with Gasteiger partial charge in [0.25, 0.3) is 5.91 Å². The highest BCUT2D eigenvalue weighted by Gasteiger charge is 2.23. The largest absolute Gasteiger partial charge is 0.361 e. The van der Waals surface area contributed by atoms with Gasteiger partial charge in [-0.15, -0.1) is 0 Å². The minimum Gasteiger partial charge on any atom is -0.361 e. The van der Waals surface area contributed by atoms with E-state index in [1.165, 1.54) is 0 Å². The Bertz CT molecular complexity index is 688. The lowest BCUT2D eigenvalue weighted by Gasteiger charge is -2.28. The van der Waals surface area contributed by atoms with E-state index in [1.54, 1.807) is 18.2 Å². The van der Waals surface area contributed by atoms with Crippen molar-refractivity contribution in [3.8, 4) is 6.07 Å². The van der Waals surface area contributed by atoms with Gasteiger partial charge in [-0.3, -0.25) is 4.79 Å².